The number of nitrogens with one attached hydrogen (secondary N) is 1. The summed E-state index contributed by atoms with van der Waals surface area (Å²) in [5.74, 6) is 0.236. The van der Waals surface area contributed by atoms with Crippen molar-refractivity contribution in [2.45, 2.75) is 24.8 Å². The molecule has 4 nitrogen and oxygen atoms in total. The van der Waals surface area contributed by atoms with Gasteiger partial charge in [0, 0.05) is 6.20 Å². The van der Waals surface area contributed by atoms with Crippen molar-refractivity contribution in [3.05, 3.63) is 59.3 Å². The highest BCUT2D eigenvalue weighted by atomic mass is 32.2. The smallest absolute Gasteiger partial charge is 0.304 e. The van der Waals surface area contributed by atoms with E-state index in [1.165, 1.54) is 17.8 Å². The van der Waals surface area contributed by atoms with E-state index in [1.807, 2.05) is 13.0 Å². The molecule has 3 rings (SSSR count). The number of amidine groups is 1. The van der Waals surface area contributed by atoms with E-state index in [2.05, 4.69) is 15.3 Å². The third-order valence-electron chi connectivity index (χ3n) is 3.64. The first-order valence-electron chi connectivity index (χ1n) is 7.47. The second-order valence-corrected chi connectivity index (χ2v) is 6.75. The number of carbonyl (C=O) groups excluding carboxylic acids is 1. The highest BCUT2D eigenvalue weighted by Gasteiger charge is 2.33. The zero-order chi connectivity index (χ0) is 18.0. The molecule has 130 valence electrons. The van der Waals surface area contributed by atoms with Crippen LogP contribution in [0.4, 0.5) is 19.0 Å². The van der Waals surface area contributed by atoms with Crippen LogP contribution in [0.2, 0.25) is 0 Å². The lowest BCUT2D eigenvalue weighted by Gasteiger charge is -2.10. The normalized spacial score (nSPS) is 19.3. The van der Waals surface area contributed by atoms with Crippen LogP contribution < -0.4 is 5.32 Å². The number of hydrogen-bond donors (Lipinski definition) is 1. The average Bonchev–Trinajstić information content (AvgIpc) is 2.89. The minimum Gasteiger partial charge on any atom is -0.304 e. The molecule has 1 amide bonds. The summed E-state index contributed by atoms with van der Waals surface area (Å²) in [5.41, 5.74) is 0.607. The van der Waals surface area contributed by atoms with Crippen LogP contribution in [0.25, 0.3) is 0 Å². The molecule has 0 bridgehead atoms. The molecule has 0 radical (unpaired) electrons. The van der Waals surface area contributed by atoms with E-state index < -0.39 is 17.0 Å². The number of hydrogen-bond acceptors (Lipinski definition) is 4. The third-order valence-corrected chi connectivity index (χ3v) is 4.72. The van der Waals surface area contributed by atoms with Gasteiger partial charge in [-0.05, 0) is 36.6 Å². The number of nitrogens with zero attached hydrogens (tertiary/aromatic N) is 2. The number of rotatable bonds is 3. The van der Waals surface area contributed by atoms with Crippen molar-refractivity contribution in [2.75, 3.05) is 0 Å². The fraction of sp³-hybridized carbons (Fsp3) is 0.235. The van der Waals surface area contributed by atoms with Crippen LogP contribution in [0.3, 0.4) is 0 Å². The van der Waals surface area contributed by atoms with Gasteiger partial charge in [0.25, 0.3) is 0 Å². The maximum absolute atomic E-state index is 12.8. The first kappa shape index (κ1) is 17.5. The number of carbonyl (C=O) groups is 1. The van der Waals surface area contributed by atoms with Gasteiger partial charge in [0.15, 0.2) is 11.0 Å². The standard InChI is InChI=1S/C17H14F3N3OS/c1-10-4-3-7-21-14(10)22-16-23-15(24)13(25-16)9-11-5-2-6-12(8-11)17(18,19)20/h2-8,13H,9H2,1H3,(H,21,22,23,24). The summed E-state index contributed by atoms with van der Waals surface area (Å²) in [5, 5.41) is 2.54. The Morgan fingerprint density at radius 3 is 2.80 bits per heavy atom. The van der Waals surface area contributed by atoms with Crippen LogP contribution in [0.5, 0.6) is 0 Å². The molecule has 1 fully saturated rings. The predicted octanol–water partition coefficient (Wildman–Crippen LogP) is 3.87. The van der Waals surface area contributed by atoms with Gasteiger partial charge in [-0.2, -0.15) is 13.2 Å². The number of thioether (sulfide) groups is 1. The van der Waals surface area contributed by atoms with Crippen LogP contribution in [-0.2, 0) is 17.4 Å². The summed E-state index contributed by atoms with van der Waals surface area (Å²) in [6.45, 7) is 1.86. The van der Waals surface area contributed by atoms with Gasteiger partial charge in [-0.25, -0.2) is 9.98 Å². The molecule has 0 saturated carbocycles. The molecule has 0 aliphatic carbocycles. The first-order valence-corrected chi connectivity index (χ1v) is 8.35. The zero-order valence-electron chi connectivity index (χ0n) is 13.2. The SMILES string of the molecule is Cc1cccnc1/N=C1/NC(=O)C(Cc2cccc(C(F)(F)F)c2)S1. The molecule has 1 aromatic heterocycles. The van der Waals surface area contributed by atoms with Gasteiger partial charge in [0.05, 0.1) is 10.8 Å². The molecule has 8 heteroatoms. The highest BCUT2D eigenvalue weighted by Crippen LogP contribution is 2.31. The molecule has 2 aromatic rings. The number of benzene rings is 1. The van der Waals surface area contributed by atoms with Crippen LogP contribution in [0.1, 0.15) is 16.7 Å². The molecule has 2 heterocycles. The Balaban J connectivity index is 1.75. The molecule has 1 unspecified atom stereocenters. The van der Waals surface area contributed by atoms with E-state index in [0.717, 1.165) is 17.7 Å². The van der Waals surface area contributed by atoms with Gasteiger partial charge in [0.2, 0.25) is 5.91 Å². The fourth-order valence-corrected chi connectivity index (χ4v) is 3.38. The maximum atomic E-state index is 12.8. The van der Waals surface area contributed by atoms with Crippen molar-refractivity contribution in [2.24, 2.45) is 4.99 Å². The topological polar surface area (TPSA) is 54.4 Å². The lowest BCUT2D eigenvalue weighted by molar-refractivity contribution is -0.137. The maximum Gasteiger partial charge on any atom is 0.416 e. The molecule has 1 saturated heterocycles. The van der Waals surface area contributed by atoms with Gasteiger partial charge in [-0.1, -0.05) is 36.0 Å². The van der Waals surface area contributed by atoms with E-state index >= 15 is 0 Å². The van der Waals surface area contributed by atoms with Gasteiger partial charge >= 0.3 is 6.18 Å². The van der Waals surface area contributed by atoms with Crippen LogP contribution >= 0.6 is 11.8 Å². The van der Waals surface area contributed by atoms with E-state index in [4.69, 9.17) is 0 Å². The Morgan fingerprint density at radius 2 is 2.08 bits per heavy atom. The van der Waals surface area contributed by atoms with Crippen LogP contribution in [-0.4, -0.2) is 21.3 Å². The summed E-state index contributed by atoms with van der Waals surface area (Å²) in [6, 6.07) is 8.67. The quantitative estimate of drug-likeness (QED) is 0.898. The van der Waals surface area contributed by atoms with E-state index in [-0.39, 0.29) is 12.3 Å². The number of aryl methyl sites for hydroxylation is 1. The fourth-order valence-electron chi connectivity index (χ4n) is 2.37. The third kappa shape index (κ3) is 4.19. The second kappa shape index (κ2) is 6.87. The summed E-state index contributed by atoms with van der Waals surface area (Å²) in [7, 11) is 0. The summed E-state index contributed by atoms with van der Waals surface area (Å²) >= 11 is 1.20. The summed E-state index contributed by atoms with van der Waals surface area (Å²) < 4.78 is 38.4. The Morgan fingerprint density at radius 1 is 1.28 bits per heavy atom. The Kier molecular flexibility index (Phi) is 4.80. The predicted molar refractivity (Wildman–Crippen MR) is 90.7 cm³/mol. The van der Waals surface area contributed by atoms with E-state index in [9.17, 15) is 18.0 Å². The van der Waals surface area contributed by atoms with Crippen molar-refractivity contribution in [1.82, 2.24) is 10.3 Å². The minimum atomic E-state index is -4.40. The van der Waals surface area contributed by atoms with Crippen LogP contribution in [0, 0.1) is 6.92 Å². The van der Waals surface area contributed by atoms with Crippen molar-refractivity contribution in [3.8, 4) is 0 Å². The lowest BCUT2D eigenvalue weighted by Crippen LogP contribution is -2.26. The number of aromatic nitrogens is 1. The summed E-state index contributed by atoms with van der Waals surface area (Å²) in [6.07, 6.45) is -2.60. The number of amides is 1. The number of alkyl halides is 3. The number of pyridine rings is 1. The Hall–Kier alpha value is -2.35. The minimum absolute atomic E-state index is 0.195. The molecule has 1 aromatic carbocycles. The zero-order valence-corrected chi connectivity index (χ0v) is 14.0. The van der Waals surface area contributed by atoms with Crippen molar-refractivity contribution in [3.63, 3.8) is 0 Å². The van der Waals surface area contributed by atoms with Gasteiger partial charge in [0.1, 0.15) is 0 Å². The molecule has 1 aliphatic heterocycles. The average molecular weight is 365 g/mol. The van der Waals surface area contributed by atoms with Crippen molar-refractivity contribution < 1.29 is 18.0 Å². The molecule has 0 spiro atoms. The lowest BCUT2D eigenvalue weighted by atomic mass is 10.1. The monoisotopic (exact) mass is 365 g/mol. The van der Waals surface area contributed by atoms with Crippen LogP contribution in [0.15, 0.2) is 47.6 Å². The van der Waals surface area contributed by atoms with E-state index in [1.54, 1.807) is 18.3 Å². The number of aliphatic imine (C=N–C) groups is 1. The van der Waals surface area contributed by atoms with Gasteiger partial charge in [-0.15, -0.1) is 0 Å². The Labute approximate surface area is 146 Å². The highest BCUT2D eigenvalue weighted by molar-refractivity contribution is 8.15. The van der Waals surface area contributed by atoms with E-state index in [0.29, 0.717) is 16.5 Å². The molecule has 1 aliphatic rings. The molecule has 1 N–H and O–H groups in total. The molecule has 1 atom stereocenters. The Bertz CT molecular complexity index is 836. The van der Waals surface area contributed by atoms with Crippen molar-refractivity contribution in [1.29, 1.82) is 0 Å². The van der Waals surface area contributed by atoms with Crippen molar-refractivity contribution >= 4 is 28.7 Å². The number of halogens is 3. The molecule has 25 heavy (non-hydrogen) atoms. The first-order chi connectivity index (χ1) is 11.8. The second-order valence-electron chi connectivity index (χ2n) is 5.56. The summed E-state index contributed by atoms with van der Waals surface area (Å²) in [4.78, 5) is 20.5. The molecular formula is C17H14F3N3OS. The molecular weight excluding hydrogens is 351 g/mol. The van der Waals surface area contributed by atoms with Gasteiger partial charge in [-0.3, -0.25) is 4.79 Å². The van der Waals surface area contributed by atoms with Gasteiger partial charge < -0.3 is 5.32 Å². The largest absolute Gasteiger partial charge is 0.416 e.